The lowest BCUT2D eigenvalue weighted by Crippen LogP contribution is -2.11. The average Bonchev–Trinajstić information content (AvgIpc) is 3.12. The first-order valence-corrected chi connectivity index (χ1v) is 9.77. The molecule has 3 aromatic carbocycles. The van der Waals surface area contributed by atoms with Gasteiger partial charge in [-0.1, -0.05) is 11.6 Å². The number of aromatic nitrogens is 3. The first-order chi connectivity index (χ1) is 13.5. The maximum absolute atomic E-state index is 12.4. The van der Waals surface area contributed by atoms with Crippen LogP contribution < -0.4 is 10.1 Å². The largest absolute Gasteiger partial charge is 0.495 e. The van der Waals surface area contributed by atoms with Crippen LogP contribution in [-0.2, 0) is 0 Å². The second kappa shape index (κ2) is 7.76. The molecule has 0 saturated carbocycles. The first-order valence-electron chi connectivity index (χ1n) is 8.31. The molecule has 140 valence electrons. The maximum atomic E-state index is 12.4. The van der Waals surface area contributed by atoms with Crippen LogP contribution in [0.1, 0.15) is 10.4 Å². The van der Waals surface area contributed by atoms with Crippen LogP contribution in [0.15, 0.2) is 60.7 Å². The predicted molar refractivity (Wildman–Crippen MR) is 118 cm³/mol. The van der Waals surface area contributed by atoms with Gasteiger partial charge in [0.05, 0.1) is 17.8 Å². The van der Waals surface area contributed by atoms with Crippen molar-refractivity contribution in [3.63, 3.8) is 0 Å². The molecule has 4 rings (SSSR count). The van der Waals surface area contributed by atoms with E-state index in [9.17, 15) is 4.79 Å². The highest BCUT2D eigenvalue weighted by atomic mass is 127. The Hall–Kier alpha value is -2.65. The number of anilines is 1. The fourth-order valence-electron chi connectivity index (χ4n) is 2.69. The summed E-state index contributed by atoms with van der Waals surface area (Å²) in [5.41, 5.74) is 3.32. The number of amides is 1. The molecule has 0 fully saturated rings. The zero-order chi connectivity index (χ0) is 19.7. The van der Waals surface area contributed by atoms with Gasteiger partial charge in [0, 0.05) is 14.8 Å². The fourth-order valence-corrected chi connectivity index (χ4v) is 3.30. The SMILES string of the molecule is COc1ccc(-n2nc3ccc(NC(=O)c4ccc(I)cc4)cc3n2)cc1Cl. The lowest BCUT2D eigenvalue weighted by Gasteiger charge is -2.05. The average molecular weight is 505 g/mol. The highest BCUT2D eigenvalue weighted by Crippen LogP contribution is 2.27. The number of hydrogen-bond acceptors (Lipinski definition) is 4. The number of fused-ring (bicyclic) bond motifs is 1. The number of nitrogens with one attached hydrogen (secondary N) is 1. The molecule has 0 spiro atoms. The van der Waals surface area contributed by atoms with Gasteiger partial charge in [-0.25, -0.2) is 0 Å². The normalized spacial score (nSPS) is 10.8. The summed E-state index contributed by atoms with van der Waals surface area (Å²) in [7, 11) is 1.56. The van der Waals surface area contributed by atoms with E-state index in [2.05, 4.69) is 38.1 Å². The third kappa shape index (κ3) is 3.81. The monoisotopic (exact) mass is 504 g/mol. The van der Waals surface area contributed by atoms with E-state index in [0.717, 1.165) is 3.57 Å². The number of methoxy groups -OCH3 is 1. The van der Waals surface area contributed by atoms with Crippen molar-refractivity contribution in [2.75, 3.05) is 12.4 Å². The van der Waals surface area contributed by atoms with Gasteiger partial charge >= 0.3 is 0 Å². The molecule has 1 amide bonds. The van der Waals surface area contributed by atoms with Crippen LogP contribution in [0.4, 0.5) is 5.69 Å². The lowest BCUT2D eigenvalue weighted by molar-refractivity contribution is 0.102. The van der Waals surface area contributed by atoms with E-state index in [1.165, 1.54) is 4.80 Å². The summed E-state index contributed by atoms with van der Waals surface area (Å²) in [6, 6.07) is 18.1. The van der Waals surface area contributed by atoms with Crippen molar-refractivity contribution in [1.29, 1.82) is 0 Å². The molecule has 0 radical (unpaired) electrons. The first kappa shape index (κ1) is 18.7. The van der Waals surface area contributed by atoms with Crippen LogP contribution in [0.3, 0.4) is 0 Å². The number of carbonyl (C=O) groups excluding carboxylic acids is 1. The molecular weight excluding hydrogens is 491 g/mol. The summed E-state index contributed by atoms with van der Waals surface area (Å²) < 4.78 is 6.24. The van der Waals surface area contributed by atoms with E-state index in [-0.39, 0.29) is 5.91 Å². The van der Waals surface area contributed by atoms with Crippen molar-refractivity contribution in [2.24, 2.45) is 0 Å². The Morgan fingerprint density at radius 1 is 1.04 bits per heavy atom. The number of hydrogen-bond donors (Lipinski definition) is 1. The van der Waals surface area contributed by atoms with Crippen molar-refractivity contribution in [2.45, 2.75) is 0 Å². The summed E-state index contributed by atoms with van der Waals surface area (Å²) in [6.45, 7) is 0. The number of nitrogens with zero attached hydrogens (tertiary/aromatic N) is 3. The molecule has 0 aliphatic rings. The number of benzene rings is 3. The quantitative estimate of drug-likeness (QED) is 0.400. The smallest absolute Gasteiger partial charge is 0.255 e. The van der Waals surface area contributed by atoms with Crippen LogP contribution in [0, 0.1) is 3.57 Å². The molecule has 0 aliphatic heterocycles. The van der Waals surface area contributed by atoms with E-state index < -0.39 is 0 Å². The Morgan fingerprint density at radius 2 is 1.79 bits per heavy atom. The fraction of sp³-hybridized carbons (Fsp3) is 0.0500. The second-order valence-corrected chi connectivity index (χ2v) is 7.63. The maximum Gasteiger partial charge on any atom is 0.255 e. The van der Waals surface area contributed by atoms with Crippen LogP contribution in [0.2, 0.25) is 5.02 Å². The number of halogens is 2. The minimum Gasteiger partial charge on any atom is -0.495 e. The third-order valence-corrected chi connectivity index (χ3v) is 5.13. The van der Waals surface area contributed by atoms with Gasteiger partial charge in [0.15, 0.2) is 0 Å². The van der Waals surface area contributed by atoms with Crippen molar-refractivity contribution in [3.05, 3.63) is 74.8 Å². The summed E-state index contributed by atoms with van der Waals surface area (Å²) in [6.07, 6.45) is 0. The van der Waals surface area contributed by atoms with E-state index in [1.807, 2.05) is 24.3 Å². The topological polar surface area (TPSA) is 69.0 Å². The standard InChI is InChI=1S/C20H14ClIN4O2/c1-28-19-9-7-15(11-16(19)21)26-24-17-8-6-14(10-18(17)25-26)23-20(27)12-2-4-13(22)5-3-12/h2-11H,1H3,(H,23,27). The van der Waals surface area contributed by atoms with Crippen molar-refractivity contribution in [3.8, 4) is 11.4 Å². The number of rotatable bonds is 4. The molecule has 1 aromatic heterocycles. The molecule has 0 unspecified atom stereocenters. The molecule has 0 atom stereocenters. The molecule has 0 aliphatic carbocycles. The molecular formula is C20H14ClIN4O2. The minimum absolute atomic E-state index is 0.176. The number of carbonyl (C=O) groups is 1. The molecule has 1 N–H and O–H groups in total. The van der Waals surface area contributed by atoms with E-state index in [0.29, 0.717) is 38.7 Å². The van der Waals surface area contributed by atoms with Crippen molar-refractivity contribution < 1.29 is 9.53 Å². The summed E-state index contributed by atoms with van der Waals surface area (Å²) >= 11 is 8.39. The van der Waals surface area contributed by atoms with Gasteiger partial charge in [0.1, 0.15) is 16.8 Å². The molecule has 8 heteroatoms. The predicted octanol–water partition coefficient (Wildman–Crippen LogP) is 4.94. The Labute approximate surface area is 179 Å². The Kier molecular flexibility index (Phi) is 5.19. The van der Waals surface area contributed by atoms with E-state index in [4.69, 9.17) is 16.3 Å². The Morgan fingerprint density at radius 3 is 2.50 bits per heavy atom. The lowest BCUT2D eigenvalue weighted by atomic mass is 10.2. The van der Waals surface area contributed by atoms with E-state index >= 15 is 0 Å². The van der Waals surface area contributed by atoms with Crippen LogP contribution >= 0.6 is 34.2 Å². The van der Waals surface area contributed by atoms with Gasteiger partial charge in [-0.05, 0) is 83.3 Å². The summed E-state index contributed by atoms with van der Waals surface area (Å²) in [5.74, 6) is 0.410. The van der Waals surface area contributed by atoms with Gasteiger partial charge < -0.3 is 10.1 Å². The zero-order valence-corrected chi connectivity index (χ0v) is 17.6. The third-order valence-electron chi connectivity index (χ3n) is 4.11. The van der Waals surface area contributed by atoms with Gasteiger partial charge in [-0.3, -0.25) is 4.79 Å². The van der Waals surface area contributed by atoms with Crippen LogP contribution in [0.5, 0.6) is 5.75 Å². The van der Waals surface area contributed by atoms with Gasteiger partial charge in [-0.2, -0.15) is 4.80 Å². The Balaban J connectivity index is 1.60. The molecule has 1 heterocycles. The highest BCUT2D eigenvalue weighted by Gasteiger charge is 2.10. The molecule has 0 bridgehead atoms. The highest BCUT2D eigenvalue weighted by molar-refractivity contribution is 14.1. The number of ether oxygens (including phenoxy) is 1. The zero-order valence-electron chi connectivity index (χ0n) is 14.7. The van der Waals surface area contributed by atoms with Gasteiger partial charge in [-0.15, -0.1) is 10.2 Å². The van der Waals surface area contributed by atoms with Crippen LogP contribution in [0.25, 0.3) is 16.7 Å². The molecule has 0 saturated heterocycles. The van der Waals surface area contributed by atoms with Crippen molar-refractivity contribution in [1.82, 2.24) is 15.0 Å². The molecule has 6 nitrogen and oxygen atoms in total. The van der Waals surface area contributed by atoms with Gasteiger partial charge in [0.2, 0.25) is 0 Å². The summed E-state index contributed by atoms with van der Waals surface area (Å²) in [4.78, 5) is 13.9. The molecule has 28 heavy (non-hydrogen) atoms. The van der Waals surface area contributed by atoms with Gasteiger partial charge in [0.25, 0.3) is 5.91 Å². The van der Waals surface area contributed by atoms with E-state index in [1.54, 1.807) is 43.5 Å². The second-order valence-electron chi connectivity index (χ2n) is 5.97. The van der Waals surface area contributed by atoms with Crippen LogP contribution in [-0.4, -0.2) is 28.0 Å². The Bertz CT molecular complexity index is 1170. The summed E-state index contributed by atoms with van der Waals surface area (Å²) in [5, 5.41) is 12.3. The minimum atomic E-state index is -0.176. The van der Waals surface area contributed by atoms with Crippen molar-refractivity contribution >= 4 is 56.8 Å². The molecule has 4 aromatic rings.